The molecule has 2 fully saturated rings. The Morgan fingerprint density at radius 2 is 2.21 bits per heavy atom. The molecule has 0 aromatic heterocycles. The van der Waals surface area contributed by atoms with Gasteiger partial charge in [-0.3, -0.25) is 10.1 Å². The summed E-state index contributed by atoms with van der Waals surface area (Å²) < 4.78 is 0. The Hall–Kier alpha value is -1.06. The molecule has 0 aromatic rings. The lowest BCUT2D eigenvalue weighted by Gasteiger charge is -2.41. The van der Waals surface area contributed by atoms with Crippen molar-refractivity contribution < 1.29 is 9.59 Å². The van der Waals surface area contributed by atoms with E-state index in [0.29, 0.717) is 18.4 Å². The molecular weight excluding hydrogens is 240 g/mol. The predicted octanol–water partition coefficient (Wildman–Crippen LogP) is 2.92. The highest BCUT2D eigenvalue weighted by atomic mass is 16.2. The number of urea groups is 1. The minimum atomic E-state index is -0.545. The molecule has 1 heterocycles. The van der Waals surface area contributed by atoms with E-state index < -0.39 is 5.54 Å². The van der Waals surface area contributed by atoms with E-state index in [4.69, 9.17) is 0 Å². The van der Waals surface area contributed by atoms with Crippen LogP contribution in [0.15, 0.2) is 0 Å². The number of hydrogen-bond donors (Lipinski definition) is 1. The number of nitrogens with one attached hydrogen (secondary N) is 1. The zero-order valence-corrected chi connectivity index (χ0v) is 12.4. The van der Waals surface area contributed by atoms with Crippen molar-refractivity contribution in [2.75, 3.05) is 6.54 Å². The molecule has 3 amide bonds. The average molecular weight is 266 g/mol. The van der Waals surface area contributed by atoms with Gasteiger partial charge >= 0.3 is 6.03 Å². The van der Waals surface area contributed by atoms with Crippen molar-refractivity contribution in [2.24, 2.45) is 11.8 Å². The van der Waals surface area contributed by atoms with Crippen LogP contribution in [0.5, 0.6) is 0 Å². The van der Waals surface area contributed by atoms with Crippen LogP contribution in [0.4, 0.5) is 4.79 Å². The lowest BCUT2D eigenvalue weighted by Crippen LogP contribution is -2.53. The van der Waals surface area contributed by atoms with Crippen molar-refractivity contribution in [3.63, 3.8) is 0 Å². The quantitative estimate of drug-likeness (QED) is 0.795. The molecule has 0 aromatic carbocycles. The van der Waals surface area contributed by atoms with Crippen molar-refractivity contribution >= 4 is 11.9 Å². The fraction of sp³-hybridized carbons (Fsp3) is 0.867. The molecule has 3 atom stereocenters. The summed E-state index contributed by atoms with van der Waals surface area (Å²) in [7, 11) is 0. The number of carbonyl (C=O) groups is 2. The van der Waals surface area contributed by atoms with Crippen LogP contribution in [0.3, 0.4) is 0 Å². The maximum Gasteiger partial charge on any atom is 0.325 e. The zero-order valence-electron chi connectivity index (χ0n) is 12.4. The average Bonchev–Trinajstić information content (AvgIpc) is 2.54. The van der Waals surface area contributed by atoms with Gasteiger partial charge in [0.1, 0.15) is 5.54 Å². The first-order chi connectivity index (χ1) is 8.99. The van der Waals surface area contributed by atoms with Crippen LogP contribution < -0.4 is 5.32 Å². The van der Waals surface area contributed by atoms with Crippen molar-refractivity contribution in [1.29, 1.82) is 0 Å². The second kappa shape index (κ2) is 5.51. The fourth-order valence-electron chi connectivity index (χ4n) is 3.73. The van der Waals surface area contributed by atoms with Crippen LogP contribution in [-0.2, 0) is 4.79 Å². The number of imide groups is 1. The molecule has 1 aliphatic heterocycles. The molecule has 4 nitrogen and oxygen atoms in total. The van der Waals surface area contributed by atoms with Crippen molar-refractivity contribution in [1.82, 2.24) is 10.2 Å². The summed E-state index contributed by atoms with van der Waals surface area (Å²) in [6.07, 6.45) is 6.08. The van der Waals surface area contributed by atoms with E-state index in [0.717, 1.165) is 32.1 Å². The molecule has 1 spiro atoms. The van der Waals surface area contributed by atoms with E-state index in [1.165, 1.54) is 6.42 Å². The number of nitrogens with zero attached hydrogens (tertiary/aromatic N) is 1. The molecule has 0 radical (unpaired) electrons. The lowest BCUT2D eigenvalue weighted by atomic mass is 9.75. The number of hydrogen-bond acceptors (Lipinski definition) is 2. The number of amides is 3. The molecule has 4 heteroatoms. The van der Waals surface area contributed by atoms with Gasteiger partial charge in [-0.25, -0.2) is 4.79 Å². The first kappa shape index (κ1) is 14.4. The smallest absolute Gasteiger partial charge is 0.309 e. The first-order valence-corrected chi connectivity index (χ1v) is 7.62. The van der Waals surface area contributed by atoms with Gasteiger partial charge < -0.3 is 4.90 Å². The summed E-state index contributed by atoms with van der Waals surface area (Å²) in [5.74, 6) is 0.915. The standard InChI is InChI=1S/C15H26N2O2/c1-4-6-12(3)10-17-14(19)16-13(18)15(17)8-5-7-11(2)9-15/h11-12H,4-10H2,1-3H3,(H,16,18,19). The van der Waals surface area contributed by atoms with E-state index in [2.05, 4.69) is 26.1 Å². The molecule has 1 N–H and O–H groups in total. The van der Waals surface area contributed by atoms with Crippen LogP contribution >= 0.6 is 0 Å². The fourth-order valence-corrected chi connectivity index (χ4v) is 3.73. The highest BCUT2D eigenvalue weighted by Gasteiger charge is 2.54. The van der Waals surface area contributed by atoms with Crippen molar-refractivity contribution in [3.8, 4) is 0 Å². The van der Waals surface area contributed by atoms with Gasteiger partial charge in [-0.05, 0) is 31.1 Å². The second-order valence-electron chi connectivity index (χ2n) is 6.50. The summed E-state index contributed by atoms with van der Waals surface area (Å²) in [5.41, 5.74) is -0.545. The monoisotopic (exact) mass is 266 g/mol. The highest BCUT2D eigenvalue weighted by Crippen LogP contribution is 2.40. The Morgan fingerprint density at radius 1 is 1.47 bits per heavy atom. The van der Waals surface area contributed by atoms with E-state index in [1.54, 1.807) is 0 Å². The first-order valence-electron chi connectivity index (χ1n) is 7.62. The number of carbonyl (C=O) groups excluding carboxylic acids is 2. The van der Waals surface area contributed by atoms with Gasteiger partial charge in [0, 0.05) is 6.54 Å². The van der Waals surface area contributed by atoms with Crippen LogP contribution in [-0.4, -0.2) is 28.9 Å². The SMILES string of the molecule is CCCC(C)CN1C(=O)NC(=O)C12CCCC(C)C2. The Kier molecular flexibility index (Phi) is 4.16. The van der Waals surface area contributed by atoms with Crippen LogP contribution in [0, 0.1) is 11.8 Å². The molecular formula is C15H26N2O2. The molecule has 1 saturated carbocycles. The van der Waals surface area contributed by atoms with Crippen molar-refractivity contribution in [2.45, 2.75) is 64.8 Å². The van der Waals surface area contributed by atoms with Crippen molar-refractivity contribution in [3.05, 3.63) is 0 Å². The molecule has 19 heavy (non-hydrogen) atoms. The molecule has 2 rings (SSSR count). The van der Waals surface area contributed by atoms with E-state index in [9.17, 15) is 9.59 Å². The van der Waals surface area contributed by atoms with Gasteiger partial charge in [0.15, 0.2) is 0 Å². The Labute approximate surface area is 115 Å². The molecule has 108 valence electrons. The largest absolute Gasteiger partial charge is 0.325 e. The Balaban J connectivity index is 2.17. The van der Waals surface area contributed by atoms with Crippen LogP contribution in [0.25, 0.3) is 0 Å². The van der Waals surface area contributed by atoms with Crippen LogP contribution in [0.1, 0.15) is 59.3 Å². The molecule has 1 aliphatic carbocycles. The van der Waals surface area contributed by atoms with Gasteiger partial charge in [0.25, 0.3) is 5.91 Å². The third-order valence-electron chi connectivity index (χ3n) is 4.65. The lowest BCUT2D eigenvalue weighted by molar-refractivity contribution is -0.129. The number of rotatable bonds is 4. The minimum absolute atomic E-state index is 0.0623. The van der Waals surface area contributed by atoms with E-state index >= 15 is 0 Å². The predicted molar refractivity (Wildman–Crippen MR) is 74.7 cm³/mol. The zero-order chi connectivity index (χ0) is 14.0. The van der Waals surface area contributed by atoms with E-state index in [-0.39, 0.29) is 11.9 Å². The minimum Gasteiger partial charge on any atom is -0.309 e. The summed E-state index contributed by atoms with van der Waals surface area (Å²) in [5, 5.41) is 2.54. The normalized spacial score (nSPS) is 32.8. The van der Waals surface area contributed by atoms with Gasteiger partial charge in [-0.1, -0.05) is 40.0 Å². The van der Waals surface area contributed by atoms with Gasteiger partial charge in [0.2, 0.25) is 0 Å². The van der Waals surface area contributed by atoms with E-state index in [1.807, 2.05) is 4.90 Å². The third-order valence-corrected chi connectivity index (χ3v) is 4.65. The summed E-state index contributed by atoms with van der Waals surface area (Å²) in [4.78, 5) is 26.2. The summed E-state index contributed by atoms with van der Waals surface area (Å²) >= 11 is 0. The Morgan fingerprint density at radius 3 is 2.84 bits per heavy atom. The van der Waals surface area contributed by atoms with Gasteiger partial charge in [-0.15, -0.1) is 0 Å². The molecule has 2 aliphatic rings. The Bertz CT molecular complexity index is 369. The van der Waals surface area contributed by atoms with Gasteiger partial charge in [-0.2, -0.15) is 0 Å². The van der Waals surface area contributed by atoms with Crippen LogP contribution in [0.2, 0.25) is 0 Å². The molecule has 0 bridgehead atoms. The second-order valence-corrected chi connectivity index (χ2v) is 6.50. The summed E-state index contributed by atoms with van der Waals surface area (Å²) in [6.45, 7) is 7.21. The topological polar surface area (TPSA) is 49.4 Å². The highest BCUT2D eigenvalue weighted by molar-refractivity contribution is 6.07. The maximum absolute atomic E-state index is 12.3. The molecule has 3 unspecified atom stereocenters. The third kappa shape index (κ3) is 2.63. The summed E-state index contributed by atoms with van der Waals surface area (Å²) in [6, 6.07) is -0.179. The van der Waals surface area contributed by atoms with Gasteiger partial charge in [0.05, 0.1) is 0 Å². The maximum atomic E-state index is 12.3. The molecule has 1 saturated heterocycles.